The number of nitriles is 1. The van der Waals surface area contributed by atoms with E-state index in [9.17, 15) is 15.4 Å². The fourth-order valence-corrected chi connectivity index (χ4v) is 2.52. The summed E-state index contributed by atoms with van der Waals surface area (Å²) in [6.07, 6.45) is 2.78. The lowest BCUT2D eigenvalue weighted by atomic mass is 9.65. The molecule has 0 spiro atoms. The van der Waals surface area contributed by atoms with Gasteiger partial charge in [0.05, 0.1) is 16.4 Å². The summed E-state index contributed by atoms with van der Waals surface area (Å²) in [6, 6.07) is 5.96. The van der Waals surface area contributed by atoms with Crippen molar-refractivity contribution in [1.29, 1.82) is 5.26 Å². The number of nitrogens with zero attached hydrogens (tertiary/aromatic N) is 2. The second kappa shape index (κ2) is 3.85. The summed E-state index contributed by atoms with van der Waals surface area (Å²) in [6.45, 7) is 3.47. The number of rotatable bonds is 2. The van der Waals surface area contributed by atoms with Gasteiger partial charge in [-0.15, -0.1) is 0 Å². The Labute approximate surface area is 100 Å². The van der Waals surface area contributed by atoms with Crippen molar-refractivity contribution in [3.63, 3.8) is 0 Å². The van der Waals surface area contributed by atoms with Gasteiger partial charge in [0, 0.05) is 11.1 Å². The lowest BCUT2D eigenvalue weighted by Gasteiger charge is -2.36. The Hall–Kier alpha value is -1.89. The quantitative estimate of drug-likeness (QED) is 0.579. The van der Waals surface area contributed by atoms with E-state index in [1.807, 2.05) is 0 Å². The number of benzene rings is 1. The lowest BCUT2D eigenvalue weighted by molar-refractivity contribution is -0.386. The first-order valence-electron chi connectivity index (χ1n) is 5.67. The smallest absolute Gasteiger partial charge is 0.258 e. The molecule has 88 valence electrons. The third-order valence-corrected chi connectivity index (χ3v) is 3.65. The molecule has 1 saturated carbocycles. The Morgan fingerprint density at radius 2 is 1.88 bits per heavy atom. The zero-order valence-electron chi connectivity index (χ0n) is 9.99. The molecule has 1 aliphatic rings. The Morgan fingerprint density at radius 1 is 1.35 bits per heavy atom. The Balaban J connectivity index is 2.53. The molecular formula is C13H14N2O2. The molecule has 17 heavy (non-hydrogen) atoms. The van der Waals surface area contributed by atoms with Gasteiger partial charge in [-0.25, -0.2) is 0 Å². The summed E-state index contributed by atoms with van der Waals surface area (Å²) in [5, 5.41) is 20.2. The van der Waals surface area contributed by atoms with Crippen LogP contribution in [0, 0.1) is 35.3 Å². The number of nitro benzene ring substituents is 1. The van der Waals surface area contributed by atoms with Crippen LogP contribution in [-0.4, -0.2) is 4.92 Å². The lowest BCUT2D eigenvalue weighted by Crippen LogP contribution is -2.32. The average molecular weight is 230 g/mol. The van der Waals surface area contributed by atoms with Crippen LogP contribution in [0.15, 0.2) is 12.1 Å². The minimum atomic E-state index is -0.398. The van der Waals surface area contributed by atoms with Crippen LogP contribution in [0.5, 0.6) is 0 Å². The van der Waals surface area contributed by atoms with Crippen LogP contribution < -0.4 is 0 Å². The van der Waals surface area contributed by atoms with Crippen LogP contribution in [0.3, 0.4) is 0 Å². The fraction of sp³-hybridized carbons (Fsp3) is 0.462. The molecule has 0 radical (unpaired) electrons. The van der Waals surface area contributed by atoms with Gasteiger partial charge in [-0.2, -0.15) is 5.26 Å². The van der Waals surface area contributed by atoms with Gasteiger partial charge in [0.25, 0.3) is 5.69 Å². The minimum absolute atomic E-state index is 0.168. The van der Waals surface area contributed by atoms with Crippen LogP contribution in [-0.2, 0) is 5.41 Å². The minimum Gasteiger partial charge on any atom is -0.258 e. The normalized spacial score (nSPS) is 17.0. The van der Waals surface area contributed by atoms with Crippen LogP contribution >= 0.6 is 0 Å². The third kappa shape index (κ3) is 1.68. The molecule has 0 heterocycles. The molecule has 1 aromatic rings. The highest BCUT2D eigenvalue weighted by molar-refractivity contribution is 5.52. The first-order valence-corrected chi connectivity index (χ1v) is 5.67. The Kier molecular flexibility index (Phi) is 2.62. The number of aryl methyl sites for hydroxylation is 2. The predicted octanol–water partition coefficient (Wildman–Crippen LogP) is 3.16. The van der Waals surface area contributed by atoms with E-state index in [0.717, 1.165) is 24.8 Å². The van der Waals surface area contributed by atoms with Gasteiger partial charge in [-0.1, -0.05) is 0 Å². The van der Waals surface area contributed by atoms with E-state index in [1.165, 1.54) is 0 Å². The molecule has 0 amide bonds. The SMILES string of the molecule is Cc1cc(C2(C#N)CCC2)cc(C)c1[N+](=O)[O-]. The highest BCUT2D eigenvalue weighted by Gasteiger charge is 2.39. The molecule has 1 aliphatic carbocycles. The predicted molar refractivity (Wildman–Crippen MR) is 63.7 cm³/mol. The van der Waals surface area contributed by atoms with Crippen LogP contribution in [0.25, 0.3) is 0 Å². The summed E-state index contributed by atoms with van der Waals surface area (Å²) in [5.74, 6) is 0. The van der Waals surface area contributed by atoms with Crippen LogP contribution in [0.4, 0.5) is 5.69 Å². The third-order valence-electron chi connectivity index (χ3n) is 3.65. The van der Waals surface area contributed by atoms with Crippen molar-refractivity contribution >= 4 is 5.69 Å². The van der Waals surface area contributed by atoms with E-state index in [-0.39, 0.29) is 10.6 Å². The van der Waals surface area contributed by atoms with E-state index in [1.54, 1.807) is 26.0 Å². The number of hydrogen-bond donors (Lipinski definition) is 0. The van der Waals surface area contributed by atoms with Gasteiger partial charge < -0.3 is 0 Å². The largest absolute Gasteiger partial charge is 0.275 e. The summed E-state index contributed by atoms with van der Waals surface area (Å²) in [7, 11) is 0. The summed E-state index contributed by atoms with van der Waals surface area (Å²) < 4.78 is 0. The molecule has 4 nitrogen and oxygen atoms in total. The van der Waals surface area contributed by atoms with Crippen molar-refractivity contribution in [3.8, 4) is 6.07 Å². The Morgan fingerprint density at radius 3 is 2.18 bits per heavy atom. The zero-order valence-corrected chi connectivity index (χ0v) is 9.99. The molecule has 0 aliphatic heterocycles. The van der Waals surface area contributed by atoms with Crippen molar-refractivity contribution in [2.75, 3.05) is 0 Å². The summed E-state index contributed by atoms with van der Waals surface area (Å²) in [5.41, 5.74) is 2.00. The van der Waals surface area contributed by atoms with Gasteiger partial charge in [0.1, 0.15) is 0 Å². The van der Waals surface area contributed by atoms with Gasteiger partial charge in [-0.3, -0.25) is 10.1 Å². The van der Waals surface area contributed by atoms with E-state index in [4.69, 9.17) is 0 Å². The second-order valence-corrected chi connectivity index (χ2v) is 4.76. The molecule has 1 aromatic carbocycles. The highest BCUT2D eigenvalue weighted by atomic mass is 16.6. The second-order valence-electron chi connectivity index (χ2n) is 4.76. The van der Waals surface area contributed by atoms with Gasteiger partial charge in [0.2, 0.25) is 0 Å². The molecule has 1 fully saturated rings. The average Bonchev–Trinajstić information content (AvgIpc) is 2.14. The van der Waals surface area contributed by atoms with Crippen LogP contribution in [0.1, 0.15) is 36.0 Å². The van der Waals surface area contributed by atoms with Crippen molar-refractivity contribution in [2.45, 2.75) is 38.5 Å². The zero-order chi connectivity index (χ0) is 12.6. The molecular weight excluding hydrogens is 216 g/mol. The van der Waals surface area contributed by atoms with Crippen molar-refractivity contribution in [2.24, 2.45) is 0 Å². The van der Waals surface area contributed by atoms with E-state index >= 15 is 0 Å². The van der Waals surface area contributed by atoms with Crippen molar-refractivity contribution in [1.82, 2.24) is 0 Å². The van der Waals surface area contributed by atoms with E-state index in [2.05, 4.69) is 6.07 Å². The van der Waals surface area contributed by atoms with Gasteiger partial charge in [-0.05, 0) is 50.8 Å². The van der Waals surface area contributed by atoms with Gasteiger partial charge >= 0.3 is 0 Å². The standard InChI is InChI=1S/C13H14N2O2/c1-9-6-11(13(8-14)4-3-5-13)7-10(2)12(9)15(16)17/h6-7H,3-5H2,1-2H3. The maximum atomic E-state index is 10.9. The first-order chi connectivity index (χ1) is 8.00. The molecule has 4 heteroatoms. The maximum Gasteiger partial charge on any atom is 0.275 e. The molecule has 0 unspecified atom stereocenters. The molecule has 0 bridgehead atoms. The topological polar surface area (TPSA) is 66.9 Å². The Bertz CT molecular complexity index is 502. The molecule has 2 rings (SSSR count). The number of nitro groups is 1. The van der Waals surface area contributed by atoms with Crippen molar-refractivity contribution in [3.05, 3.63) is 38.9 Å². The van der Waals surface area contributed by atoms with Gasteiger partial charge in [0.15, 0.2) is 0 Å². The summed E-state index contributed by atoms with van der Waals surface area (Å²) >= 11 is 0. The fourth-order valence-electron chi connectivity index (χ4n) is 2.52. The highest BCUT2D eigenvalue weighted by Crippen LogP contribution is 2.44. The monoisotopic (exact) mass is 230 g/mol. The van der Waals surface area contributed by atoms with E-state index < -0.39 is 5.41 Å². The van der Waals surface area contributed by atoms with Crippen LogP contribution in [0.2, 0.25) is 0 Å². The van der Waals surface area contributed by atoms with E-state index in [0.29, 0.717) is 11.1 Å². The maximum absolute atomic E-state index is 10.9. The number of hydrogen-bond acceptors (Lipinski definition) is 3. The molecule has 0 saturated heterocycles. The summed E-state index contributed by atoms with van der Waals surface area (Å²) in [4.78, 5) is 10.5. The first kappa shape index (κ1) is 11.6. The molecule has 0 atom stereocenters. The molecule has 0 N–H and O–H groups in total. The van der Waals surface area contributed by atoms with Crippen molar-refractivity contribution < 1.29 is 4.92 Å². The molecule has 0 aromatic heterocycles.